The van der Waals surface area contributed by atoms with E-state index in [0.717, 1.165) is 36.9 Å². The van der Waals surface area contributed by atoms with E-state index in [1.54, 1.807) is 43.5 Å². The van der Waals surface area contributed by atoms with Gasteiger partial charge in [0.2, 0.25) is 5.91 Å². The lowest BCUT2D eigenvalue weighted by molar-refractivity contribution is -0.120. The number of nitrogens with zero attached hydrogens (tertiary/aromatic N) is 2. The number of para-hydroxylation sites is 3. The van der Waals surface area contributed by atoms with Crippen LogP contribution in [0, 0.1) is 0 Å². The van der Waals surface area contributed by atoms with Gasteiger partial charge in [-0.15, -0.1) is 0 Å². The summed E-state index contributed by atoms with van der Waals surface area (Å²) >= 11 is 6.33. The molecule has 4 rings (SSSR count). The molecular formula is C27H29ClN4O3. The molecule has 2 N–H and O–H groups in total. The summed E-state index contributed by atoms with van der Waals surface area (Å²) in [6, 6.07) is 21.6. The van der Waals surface area contributed by atoms with Gasteiger partial charge in [0.05, 0.1) is 29.5 Å². The largest absolute Gasteiger partial charge is 0.495 e. The molecule has 1 aliphatic heterocycles. The number of halogens is 1. The highest BCUT2D eigenvalue weighted by atomic mass is 35.5. The molecule has 1 atom stereocenters. The van der Waals surface area contributed by atoms with Crippen molar-refractivity contribution in [3.8, 4) is 5.75 Å². The lowest BCUT2D eigenvalue weighted by Crippen LogP contribution is -2.52. The van der Waals surface area contributed by atoms with Crippen molar-refractivity contribution in [1.82, 2.24) is 4.90 Å². The molecule has 1 saturated heterocycles. The van der Waals surface area contributed by atoms with Crippen molar-refractivity contribution in [2.75, 3.05) is 48.8 Å². The number of piperazine rings is 1. The minimum absolute atomic E-state index is 0.0811. The number of hydrogen-bond acceptors (Lipinski definition) is 5. The molecule has 0 saturated carbocycles. The Hall–Kier alpha value is -3.55. The maximum atomic E-state index is 12.9. The lowest BCUT2D eigenvalue weighted by atomic mass is 10.1. The second kappa shape index (κ2) is 11.3. The number of rotatable bonds is 7. The predicted octanol–water partition coefficient (Wildman–Crippen LogP) is 4.75. The second-order valence-corrected chi connectivity index (χ2v) is 8.78. The third-order valence-corrected chi connectivity index (χ3v) is 6.52. The Morgan fingerprint density at radius 2 is 1.54 bits per heavy atom. The smallest absolute Gasteiger partial charge is 0.255 e. The Morgan fingerprint density at radius 1 is 0.886 bits per heavy atom. The van der Waals surface area contributed by atoms with Crippen LogP contribution in [0.3, 0.4) is 0 Å². The van der Waals surface area contributed by atoms with Crippen LogP contribution in [0.5, 0.6) is 5.75 Å². The minimum Gasteiger partial charge on any atom is -0.495 e. The van der Waals surface area contributed by atoms with Gasteiger partial charge in [-0.05, 0) is 55.5 Å². The van der Waals surface area contributed by atoms with E-state index in [4.69, 9.17) is 16.3 Å². The summed E-state index contributed by atoms with van der Waals surface area (Å²) < 4.78 is 5.28. The van der Waals surface area contributed by atoms with Crippen molar-refractivity contribution >= 4 is 40.5 Å². The monoisotopic (exact) mass is 492 g/mol. The zero-order valence-corrected chi connectivity index (χ0v) is 20.6. The van der Waals surface area contributed by atoms with Crippen LogP contribution in [0.25, 0.3) is 0 Å². The van der Waals surface area contributed by atoms with Gasteiger partial charge in [-0.25, -0.2) is 0 Å². The normalized spacial score (nSPS) is 14.8. The van der Waals surface area contributed by atoms with Gasteiger partial charge in [0.25, 0.3) is 5.91 Å². The minimum atomic E-state index is -0.281. The Balaban J connectivity index is 1.30. The molecule has 0 aliphatic carbocycles. The summed E-state index contributed by atoms with van der Waals surface area (Å²) in [7, 11) is 1.56. The lowest BCUT2D eigenvalue weighted by Gasteiger charge is -2.38. The zero-order valence-electron chi connectivity index (χ0n) is 19.8. The molecule has 8 heteroatoms. The molecule has 0 aromatic heterocycles. The highest BCUT2D eigenvalue weighted by Crippen LogP contribution is 2.27. The van der Waals surface area contributed by atoms with E-state index >= 15 is 0 Å². The first-order chi connectivity index (χ1) is 17.0. The Bertz CT molecular complexity index is 1180. The van der Waals surface area contributed by atoms with E-state index in [2.05, 4.69) is 20.4 Å². The van der Waals surface area contributed by atoms with Crippen molar-refractivity contribution in [3.63, 3.8) is 0 Å². The standard InChI is InChI=1S/C27H29ClN4O3/c1-19(31-15-17-32(18-16-31)24-9-5-3-7-22(24)28)26(33)29-21-13-11-20(12-14-21)27(34)30-23-8-4-6-10-25(23)35-2/h3-14,19H,15-18H2,1-2H3,(H,29,33)(H,30,34). The topological polar surface area (TPSA) is 73.9 Å². The Labute approximate surface area is 210 Å². The number of benzene rings is 3. The fraction of sp³-hybridized carbons (Fsp3) is 0.259. The van der Waals surface area contributed by atoms with Crippen LogP contribution < -0.4 is 20.3 Å². The average molecular weight is 493 g/mol. The van der Waals surface area contributed by atoms with Gasteiger partial charge in [-0.2, -0.15) is 0 Å². The molecule has 0 spiro atoms. The second-order valence-electron chi connectivity index (χ2n) is 8.37. The van der Waals surface area contributed by atoms with Crippen LogP contribution in [0.15, 0.2) is 72.8 Å². The Morgan fingerprint density at radius 3 is 2.23 bits per heavy atom. The molecule has 3 aromatic rings. The molecule has 1 aliphatic rings. The average Bonchev–Trinajstić information content (AvgIpc) is 2.89. The third-order valence-electron chi connectivity index (χ3n) is 6.20. The van der Waals surface area contributed by atoms with Crippen LogP contribution in [-0.2, 0) is 4.79 Å². The molecule has 0 bridgehead atoms. The molecule has 1 fully saturated rings. The van der Waals surface area contributed by atoms with Crippen LogP contribution in [0.4, 0.5) is 17.1 Å². The van der Waals surface area contributed by atoms with Gasteiger partial charge in [-0.3, -0.25) is 14.5 Å². The first kappa shape index (κ1) is 24.6. The molecule has 3 aromatic carbocycles. The Kier molecular flexibility index (Phi) is 7.90. The molecule has 0 radical (unpaired) electrons. The van der Waals surface area contributed by atoms with Gasteiger partial charge in [0, 0.05) is 37.4 Å². The van der Waals surface area contributed by atoms with Crippen LogP contribution in [0.2, 0.25) is 5.02 Å². The SMILES string of the molecule is COc1ccccc1NC(=O)c1ccc(NC(=O)C(C)N2CCN(c3ccccc3Cl)CC2)cc1. The van der Waals surface area contributed by atoms with Crippen molar-refractivity contribution in [3.05, 3.63) is 83.4 Å². The molecule has 1 unspecified atom stereocenters. The third kappa shape index (κ3) is 5.93. The zero-order chi connectivity index (χ0) is 24.8. The summed E-state index contributed by atoms with van der Waals surface area (Å²) in [4.78, 5) is 29.9. The van der Waals surface area contributed by atoms with Crippen LogP contribution in [-0.4, -0.2) is 56.0 Å². The number of methoxy groups -OCH3 is 1. The van der Waals surface area contributed by atoms with Gasteiger partial charge in [0.15, 0.2) is 0 Å². The van der Waals surface area contributed by atoms with E-state index in [1.807, 2.05) is 43.3 Å². The van der Waals surface area contributed by atoms with Crippen LogP contribution >= 0.6 is 11.6 Å². The quantitative estimate of drug-likeness (QED) is 0.498. The predicted molar refractivity (Wildman–Crippen MR) is 141 cm³/mol. The molecular weight excluding hydrogens is 464 g/mol. The summed E-state index contributed by atoms with van der Waals surface area (Å²) in [6.07, 6.45) is 0. The summed E-state index contributed by atoms with van der Waals surface area (Å²) in [6.45, 7) is 5.05. The summed E-state index contributed by atoms with van der Waals surface area (Å²) in [5.74, 6) is 0.256. The summed E-state index contributed by atoms with van der Waals surface area (Å²) in [5.41, 5.74) is 2.75. The van der Waals surface area contributed by atoms with E-state index in [1.165, 1.54) is 0 Å². The van der Waals surface area contributed by atoms with Crippen molar-refractivity contribution in [1.29, 1.82) is 0 Å². The number of carbonyl (C=O) groups excluding carboxylic acids is 2. The van der Waals surface area contributed by atoms with Gasteiger partial charge >= 0.3 is 0 Å². The van der Waals surface area contributed by atoms with Crippen LogP contribution in [0.1, 0.15) is 17.3 Å². The number of amides is 2. The van der Waals surface area contributed by atoms with E-state index in [9.17, 15) is 9.59 Å². The molecule has 7 nitrogen and oxygen atoms in total. The number of ether oxygens (including phenoxy) is 1. The number of hydrogen-bond donors (Lipinski definition) is 2. The highest BCUT2D eigenvalue weighted by molar-refractivity contribution is 6.33. The molecule has 35 heavy (non-hydrogen) atoms. The fourth-order valence-electron chi connectivity index (χ4n) is 4.12. The van der Waals surface area contributed by atoms with E-state index in [0.29, 0.717) is 22.7 Å². The number of carbonyl (C=O) groups is 2. The maximum absolute atomic E-state index is 12.9. The van der Waals surface area contributed by atoms with E-state index < -0.39 is 0 Å². The molecule has 1 heterocycles. The maximum Gasteiger partial charge on any atom is 0.255 e. The van der Waals surface area contributed by atoms with Gasteiger partial charge in [-0.1, -0.05) is 35.9 Å². The first-order valence-electron chi connectivity index (χ1n) is 11.5. The fourth-order valence-corrected chi connectivity index (χ4v) is 4.37. The number of nitrogens with one attached hydrogen (secondary N) is 2. The van der Waals surface area contributed by atoms with Gasteiger partial charge in [0.1, 0.15) is 5.75 Å². The van der Waals surface area contributed by atoms with Crippen molar-refractivity contribution < 1.29 is 14.3 Å². The highest BCUT2D eigenvalue weighted by Gasteiger charge is 2.26. The first-order valence-corrected chi connectivity index (χ1v) is 11.9. The number of anilines is 3. The molecule has 2 amide bonds. The molecule has 182 valence electrons. The van der Waals surface area contributed by atoms with Crippen molar-refractivity contribution in [2.45, 2.75) is 13.0 Å². The van der Waals surface area contributed by atoms with Gasteiger partial charge < -0.3 is 20.3 Å². The van der Waals surface area contributed by atoms with E-state index in [-0.39, 0.29) is 17.9 Å². The van der Waals surface area contributed by atoms with Crippen molar-refractivity contribution in [2.24, 2.45) is 0 Å². The summed E-state index contributed by atoms with van der Waals surface area (Å²) in [5, 5.41) is 6.55.